The molecule has 4 nitrogen and oxygen atoms in total. The van der Waals surface area contributed by atoms with Crippen LogP contribution in [0.2, 0.25) is 5.02 Å². The van der Waals surface area contributed by atoms with Crippen LogP contribution >= 0.6 is 27.5 Å². The first-order valence-electron chi connectivity index (χ1n) is 5.70. The summed E-state index contributed by atoms with van der Waals surface area (Å²) < 4.78 is 5.83. The molecule has 0 aliphatic rings. The van der Waals surface area contributed by atoms with E-state index >= 15 is 0 Å². The van der Waals surface area contributed by atoms with Gasteiger partial charge in [0.25, 0.3) is 5.91 Å². The number of rotatable bonds is 3. The van der Waals surface area contributed by atoms with Crippen LogP contribution in [-0.2, 0) is 0 Å². The molecule has 20 heavy (non-hydrogen) atoms. The molecule has 2 aromatic rings. The van der Waals surface area contributed by atoms with Gasteiger partial charge in [0, 0.05) is 26.8 Å². The molecule has 1 amide bonds. The van der Waals surface area contributed by atoms with Gasteiger partial charge in [-0.15, -0.1) is 0 Å². The first-order chi connectivity index (χ1) is 9.49. The van der Waals surface area contributed by atoms with E-state index < -0.39 is 0 Å². The normalized spacial score (nSPS) is 10.2. The Hall–Kier alpha value is -1.72. The molecule has 2 aromatic carbocycles. The number of anilines is 2. The van der Waals surface area contributed by atoms with E-state index in [1.54, 1.807) is 36.4 Å². The molecule has 0 fully saturated rings. The lowest BCUT2D eigenvalue weighted by Gasteiger charge is -2.09. The Morgan fingerprint density at radius 1 is 1.30 bits per heavy atom. The van der Waals surface area contributed by atoms with Gasteiger partial charge in [-0.1, -0.05) is 11.6 Å². The molecule has 0 saturated heterocycles. The number of methoxy groups -OCH3 is 1. The molecule has 0 spiro atoms. The van der Waals surface area contributed by atoms with Crippen LogP contribution in [0.25, 0.3) is 0 Å². The third-order valence-electron chi connectivity index (χ3n) is 2.60. The Morgan fingerprint density at radius 2 is 2.05 bits per heavy atom. The molecule has 0 radical (unpaired) electrons. The standard InChI is InChI=1S/C14H12BrClN2O2/c1-20-11-5-8(4-10(17)7-11)14(19)18-13-6-9(16)2-3-12(13)15/h2-7H,17H2,1H3,(H,18,19). The van der Waals surface area contributed by atoms with Crippen molar-refractivity contribution in [2.45, 2.75) is 0 Å². The third kappa shape index (κ3) is 3.43. The van der Waals surface area contributed by atoms with E-state index in [0.717, 1.165) is 4.47 Å². The number of benzene rings is 2. The summed E-state index contributed by atoms with van der Waals surface area (Å²) in [5.74, 6) is 0.235. The maximum atomic E-state index is 12.2. The summed E-state index contributed by atoms with van der Waals surface area (Å²) in [6.07, 6.45) is 0. The molecule has 0 unspecified atom stereocenters. The smallest absolute Gasteiger partial charge is 0.255 e. The molecule has 0 aliphatic carbocycles. The van der Waals surface area contributed by atoms with Crippen LogP contribution < -0.4 is 15.8 Å². The molecule has 0 aromatic heterocycles. The molecule has 6 heteroatoms. The van der Waals surface area contributed by atoms with Crippen molar-refractivity contribution in [3.05, 3.63) is 51.5 Å². The van der Waals surface area contributed by atoms with Gasteiger partial charge in [-0.3, -0.25) is 4.79 Å². The number of amides is 1. The minimum Gasteiger partial charge on any atom is -0.497 e. The fourth-order valence-electron chi connectivity index (χ4n) is 1.66. The van der Waals surface area contributed by atoms with Crippen molar-refractivity contribution in [3.8, 4) is 5.75 Å². The Labute approximate surface area is 130 Å². The Morgan fingerprint density at radius 3 is 2.75 bits per heavy atom. The van der Waals surface area contributed by atoms with Crippen LogP contribution in [0.4, 0.5) is 11.4 Å². The third-order valence-corrected chi connectivity index (χ3v) is 3.53. The molecule has 2 rings (SSSR count). The summed E-state index contributed by atoms with van der Waals surface area (Å²) in [5, 5.41) is 3.30. The maximum Gasteiger partial charge on any atom is 0.255 e. The number of carbonyl (C=O) groups excluding carboxylic acids is 1. The van der Waals surface area contributed by atoms with Crippen molar-refractivity contribution in [2.24, 2.45) is 0 Å². The number of hydrogen-bond acceptors (Lipinski definition) is 3. The lowest BCUT2D eigenvalue weighted by atomic mass is 10.1. The van der Waals surface area contributed by atoms with E-state index in [2.05, 4.69) is 21.2 Å². The van der Waals surface area contributed by atoms with Crippen molar-refractivity contribution < 1.29 is 9.53 Å². The second-order valence-corrected chi connectivity index (χ2v) is 5.36. The number of halogens is 2. The number of hydrogen-bond donors (Lipinski definition) is 2. The summed E-state index contributed by atoms with van der Waals surface area (Å²) in [5.41, 5.74) is 7.19. The van der Waals surface area contributed by atoms with E-state index in [4.69, 9.17) is 22.1 Å². The van der Waals surface area contributed by atoms with Crippen LogP contribution in [0.15, 0.2) is 40.9 Å². The van der Waals surface area contributed by atoms with Gasteiger partial charge in [-0.05, 0) is 46.3 Å². The molecule has 0 atom stereocenters. The van der Waals surface area contributed by atoms with Gasteiger partial charge >= 0.3 is 0 Å². The fourth-order valence-corrected chi connectivity index (χ4v) is 2.18. The monoisotopic (exact) mass is 354 g/mol. The molecule has 0 heterocycles. The van der Waals surface area contributed by atoms with Crippen LogP contribution in [0.5, 0.6) is 5.75 Å². The van der Waals surface area contributed by atoms with Crippen molar-refractivity contribution in [2.75, 3.05) is 18.2 Å². The average molecular weight is 356 g/mol. The van der Waals surface area contributed by atoms with E-state index in [9.17, 15) is 4.79 Å². The van der Waals surface area contributed by atoms with Gasteiger partial charge in [0.15, 0.2) is 0 Å². The first-order valence-corrected chi connectivity index (χ1v) is 6.87. The largest absolute Gasteiger partial charge is 0.497 e. The topological polar surface area (TPSA) is 64.3 Å². The fraction of sp³-hybridized carbons (Fsp3) is 0.0714. The SMILES string of the molecule is COc1cc(N)cc(C(=O)Nc2cc(Cl)ccc2Br)c1. The van der Waals surface area contributed by atoms with Crippen LogP contribution in [0.1, 0.15) is 10.4 Å². The van der Waals surface area contributed by atoms with Crippen molar-refractivity contribution in [1.29, 1.82) is 0 Å². The number of carbonyl (C=O) groups is 1. The van der Waals surface area contributed by atoms with Gasteiger partial charge in [0.05, 0.1) is 12.8 Å². The van der Waals surface area contributed by atoms with Gasteiger partial charge in [-0.2, -0.15) is 0 Å². The zero-order chi connectivity index (χ0) is 14.7. The summed E-state index contributed by atoms with van der Waals surface area (Å²) in [7, 11) is 1.52. The zero-order valence-electron chi connectivity index (χ0n) is 10.6. The molecule has 0 aliphatic heterocycles. The highest BCUT2D eigenvalue weighted by atomic mass is 79.9. The number of nitrogens with one attached hydrogen (secondary N) is 1. The summed E-state index contributed by atoms with van der Waals surface area (Å²) in [4.78, 5) is 12.2. The molecular weight excluding hydrogens is 344 g/mol. The number of ether oxygens (including phenoxy) is 1. The average Bonchev–Trinajstić information content (AvgIpc) is 2.42. The van der Waals surface area contributed by atoms with Gasteiger partial charge < -0.3 is 15.8 Å². The van der Waals surface area contributed by atoms with Crippen LogP contribution in [-0.4, -0.2) is 13.0 Å². The van der Waals surface area contributed by atoms with Gasteiger partial charge in [0.2, 0.25) is 0 Å². The molecule has 3 N–H and O–H groups in total. The molecular formula is C14H12BrClN2O2. The van der Waals surface area contributed by atoms with Crippen LogP contribution in [0.3, 0.4) is 0 Å². The number of nitrogens with two attached hydrogens (primary N) is 1. The molecule has 0 saturated carbocycles. The quantitative estimate of drug-likeness (QED) is 0.820. The Bertz CT molecular complexity index is 662. The predicted molar refractivity (Wildman–Crippen MR) is 84.5 cm³/mol. The highest BCUT2D eigenvalue weighted by Gasteiger charge is 2.11. The summed E-state index contributed by atoms with van der Waals surface area (Å²) in [6, 6.07) is 9.99. The summed E-state index contributed by atoms with van der Waals surface area (Å²) >= 11 is 9.26. The van der Waals surface area contributed by atoms with E-state index in [0.29, 0.717) is 27.7 Å². The van der Waals surface area contributed by atoms with Crippen LogP contribution in [0, 0.1) is 0 Å². The van der Waals surface area contributed by atoms with E-state index in [1.807, 2.05) is 0 Å². The zero-order valence-corrected chi connectivity index (χ0v) is 13.0. The second-order valence-electron chi connectivity index (χ2n) is 4.07. The highest BCUT2D eigenvalue weighted by molar-refractivity contribution is 9.10. The minimum absolute atomic E-state index is 0.293. The highest BCUT2D eigenvalue weighted by Crippen LogP contribution is 2.27. The molecule has 104 valence electrons. The Kier molecular flexibility index (Phi) is 4.52. The van der Waals surface area contributed by atoms with Gasteiger partial charge in [-0.25, -0.2) is 0 Å². The van der Waals surface area contributed by atoms with Crippen molar-refractivity contribution in [3.63, 3.8) is 0 Å². The Balaban J connectivity index is 2.28. The maximum absolute atomic E-state index is 12.2. The van der Waals surface area contributed by atoms with Crippen molar-refractivity contribution in [1.82, 2.24) is 0 Å². The lowest BCUT2D eigenvalue weighted by molar-refractivity contribution is 0.102. The predicted octanol–water partition coefficient (Wildman–Crippen LogP) is 3.95. The molecule has 0 bridgehead atoms. The lowest BCUT2D eigenvalue weighted by Crippen LogP contribution is -2.12. The van der Waals surface area contributed by atoms with E-state index in [-0.39, 0.29) is 5.91 Å². The first kappa shape index (κ1) is 14.7. The number of nitrogen functional groups attached to an aromatic ring is 1. The van der Waals surface area contributed by atoms with E-state index in [1.165, 1.54) is 7.11 Å². The van der Waals surface area contributed by atoms with Gasteiger partial charge in [0.1, 0.15) is 5.75 Å². The second kappa shape index (κ2) is 6.15. The van der Waals surface area contributed by atoms with Crippen molar-refractivity contribution >= 4 is 44.8 Å². The minimum atomic E-state index is -0.293. The summed E-state index contributed by atoms with van der Waals surface area (Å²) in [6.45, 7) is 0.